The Morgan fingerprint density at radius 1 is 1.30 bits per heavy atom. The van der Waals surface area contributed by atoms with Crippen LogP contribution in [0.4, 0.5) is 0 Å². The molecule has 6 heteroatoms. The number of aryl methyl sites for hydroxylation is 1. The molecule has 2 aromatic rings. The van der Waals surface area contributed by atoms with Gasteiger partial charge in [-0.3, -0.25) is 4.99 Å². The van der Waals surface area contributed by atoms with Crippen molar-refractivity contribution in [1.82, 2.24) is 24.9 Å². The minimum Gasteiger partial charge on any atom is -0.356 e. The molecule has 146 valence electrons. The van der Waals surface area contributed by atoms with E-state index in [1.807, 2.05) is 7.05 Å². The van der Waals surface area contributed by atoms with Crippen LogP contribution in [0.5, 0.6) is 0 Å². The Bertz CT molecular complexity index is 796. The zero-order valence-electron chi connectivity index (χ0n) is 16.8. The first-order chi connectivity index (χ1) is 13.1. The van der Waals surface area contributed by atoms with E-state index in [0.717, 1.165) is 42.3 Å². The summed E-state index contributed by atoms with van der Waals surface area (Å²) in [5, 5.41) is 7.14. The summed E-state index contributed by atoms with van der Waals surface area (Å²) in [6.07, 6.45) is 11.6. The minimum atomic E-state index is 0.528. The maximum atomic E-state index is 4.75. The normalized spacial score (nSPS) is 26.3. The summed E-state index contributed by atoms with van der Waals surface area (Å²) in [5.74, 6) is 0.919. The fourth-order valence-corrected chi connectivity index (χ4v) is 4.76. The van der Waals surface area contributed by atoms with E-state index in [4.69, 9.17) is 4.98 Å². The smallest absolute Gasteiger partial charge is 0.191 e. The van der Waals surface area contributed by atoms with Crippen molar-refractivity contribution in [2.45, 2.75) is 63.6 Å². The minimum absolute atomic E-state index is 0.528. The number of aliphatic imine (C=N–C) groups is 1. The summed E-state index contributed by atoms with van der Waals surface area (Å²) < 4.78 is 2.11. The molecule has 6 nitrogen and oxygen atoms in total. The lowest BCUT2D eigenvalue weighted by Gasteiger charge is -2.47. The van der Waals surface area contributed by atoms with Crippen molar-refractivity contribution < 1.29 is 0 Å². The fourth-order valence-electron chi connectivity index (χ4n) is 4.76. The average molecular weight is 369 g/mol. The summed E-state index contributed by atoms with van der Waals surface area (Å²) in [4.78, 5) is 11.8. The Balaban J connectivity index is 1.30. The number of guanidine groups is 1. The highest BCUT2D eigenvalue weighted by Gasteiger charge is 2.36. The first kappa shape index (κ1) is 18.3. The molecule has 0 spiro atoms. The number of piperidine rings is 2. The third-order valence-electron chi connectivity index (χ3n) is 6.31. The quantitative estimate of drug-likeness (QED) is 0.643. The highest BCUT2D eigenvalue weighted by atomic mass is 15.2. The van der Waals surface area contributed by atoms with Crippen LogP contribution in [0.15, 0.2) is 29.5 Å². The predicted octanol–water partition coefficient (Wildman–Crippen LogP) is 2.37. The number of fused-ring (bicyclic) bond motifs is 3. The molecule has 0 aromatic carbocycles. The lowest BCUT2D eigenvalue weighted by molar-refractivity contribution is 0.0526. The van der Waals surface area contributed by atoms with Crippen LogP contribution >= 0.6 is 0 Å². The molecule has 2 aromatic heterocycles. The molecule has 2 atom stereocenters. The van der Waals surface area contributed by atoms with Gasteiger partial charge in [0.05, 0.1) is 5.69 Å². The van der Waals surface area contributed by atoms with Gasteiger partial charge in [-0.05, 0) is 51.3 Å². The number of aromatic nitrogens is 2. The Morgan fingerprint density at radius 2 is 2.07 bits per heavy atom. The summed E-state index contributed by atoms with van der Waals surface area (Å²) in [6.45, 7) is 2.94. The molecule has 2 saturated heterocycles. The Labute approximate surface area is 162 Å². The lowest BCUT2D eigenvalue weighted by Crippen LogP contribution is -2.56. The van der Waals surface area contributed by atoms with Gasteiger partial charge in [-0.25, -0.2) is 4.98 Å². The molecule has 4 rings (SSSR count). The number of nitrogens with zero attached hydrogens (tertiary/aromatic N) is 4. The van der Waals surface area contributed by atoms with Gasteiger partial charge < -0.3 is 19.9 Å². The summed E-state index contributed by atoms with van der Waals surface area (Å²) >= 11 is 0. The van der Waals surface area contributed by atoms with Gasteiger partial charge in [-0.15, -0.1) is 0 Å². The monoisotopic (exact) mass is 368 g/mol. The molecule has 2 bridgehead atoms. The Kier molecular flexibility index (Phi) is 5.34. The average Bonchev–Trinajstić information content (AvgIpc) is 3.06. The third-order valence-corrected chi connectivity index (χ3v) is 6.31. The van der Waals surface area contributed by atoms with E-state index in [1.165, 1.54) is 37.7 Å². The first-order valence-electron chi connectivity index (χ1n) is 10.3. The number of rotatable bonds is 4. The Morgan fingerprint density at radius 3 is 2.78 bits per heavy atom. The van der Waals surface area contributed by atoms with Crippen molar-refractivity contribution in [2.24, 2.45) is 4.99 Å². The van der Waals surface area contributed by atoms with Crippen molar-refractivity contribution >= 4 is 11.6 Å². The van der Waals surface area contributed by atoms with Crippen LogP contribution in [0.3, 0.4) is 0 Å². The van der Waals surface area contributed by atoms with Crippen LogP contribution in [-0.2, 0) is 6.42 Å². The summed E-state index contributed by atoms with van der Waals surface area (Å²) in [5.41, 5.74) is 3.37. The number of nitrogens with one attached hydrogen (secondary N) is 2. The van der Waals surface area contributed by atoms with E-state index in [9.17, 15) is 0 Å². The molecule has 4 heterocycles. The lowest BCUT2D eigenvalue weighted by atomic mass is 9.82. The third kappa shape index (κ3) is 3.95. The predicted molar refractivity (Wildman–Crippen MR) is 110 cm³/mol. The molecule has 0 saturated carbocycles. The zero-order valence-corrected chi connectivity index (χ0v) is 16.8. The SMILES string of the molecule is CN=C(NCCc1cn2cccc(C)c2n1)NC1CC2CCCC(C1)N2C. The van der Waals surface area contributed by atoms with Gasteiger partial charge in [0, 0.05) is 50.5 Å². The largest absolute Gasteiger partial charge is 0.356 e. The molecule has 2 unspecified atom stereocenters. The highest BCUT2D eigenvalue weighted by Crippen LogP contribution is 2.32. The van der Waals surface area contributed by atoms with Gasteiger partial charge in [0.15, 0.2) is 5.96 Å². The van der Waals surface area contributed by atoms with E-state index in [0.29, 0.717) is 6.04 Å². The van der Waals surface area contributed by atoms with Crippen LogP contribution in [0.2, 0.25) is 0 Å². The maximum Gasteiger partial charge on any atom is 0.191 e. The van der Waals surface area contributed by atoms with E-state index < -0.39 is 0 Å². The fraction of sp³-hybridized carbons (Fsp3) is 0.619. The van der Waals surface area contributed by atoms with Crippen molar-refractivity contribution in [3.63, 3.8) is 0 Å². The van der Waals surface area contributed by atoms with Crippen molar-refractivity contribution in [3.05, 3.63) is 35.8 Å². The van der Waals surface area contributed by atoms with Gasteiger partial charge >= 0.3 is 0 Å². The molecular weight excluding hydrogens is 336 g/mol. The van der Waals surface area contributed by atoms with E-state index >= 15 is 0 Å². The first-order valence-corrected chi connectivity index (χ1v) is 10.3. The van der Waals surface area contributed by atoms with Crippen LogP contribution in [0.1, 0.15) is 43.4 Å². The second-order valence-electron chi connectivity index (χ2n) is 8.12. The number of hydrogen-bond donors (Lipinski definition) is 2. The molecule has 0 aliphatic carbocycles. The zero-order chi connectivity index (χ0) is 18.8. The molecule has 27 heavy (non-hydrogen) atoms. The molecule has 0 amide bonds. The van der Waals surface area contributed by atoms with Gasteiger partial charge in [0.25, 0.3) is 0 Å². The second-order valence-corrected chi connectivity index (χ2v) is 8.12. The standard InChI is InChI=1S/C21H32N6/c1-15-6-5-11-27-14-16(24-20(15)27)9-10-23-21(22-2)25-17-12-18-7-4-8-19(13-17)26(18)3/h5-6,11,14,17-19H,4,7-10,12-13H2,1-3H3,(H2,22,23,25). The number of pyridine rings is 1. The summed E-state index contributed by atoms with van der Waals surface area (Å²) in [7, 11) is 4.16. The second kappa shape index (κ2) is 7.89. The molecule has 2 aliphatic heterocycles. The van der Waals surface area contributed by atoms with Gasteiger partial charge in [0.1, 0.15) is 5.65 Å². The molecular formula is C21H32N6. The van der Waals surface area contributed by atoms with Crippen LogP contribution in [0.25, 0.3) is 5.65 Å². The maximum absolute atomic E-state index is 4.75. The molecule has 2 aliphatic rings. The number of imidazole rings is 1. The molecule has 0 radical (unpaired) electrons. The van der Waals surface area contributed by atoms with Gasteiger partial charge in [-0.1, -0.05) is 12.5 Å². The Hall–Kier alpha value is -2.08. The van der Waals surface area contributed by atoms with E-state index in [2.05, 4.69) is 63.4 Å². The topological polar surface area (TPSA) is 57.0 Å². The molecule has 2 N–H and O–H groups in total. The van der Waals surface area contributed by atoms with Crippen molar-refractivity contribution in [2.75, 3.05) is 20.6 Å². The van der Waals surface area contributed by atoms with Crippen molar-refractivity contribution in [1.29, 1.82) is 0 Å². The van der Waals surface area contributed by atoms with Gasteiger partial charge in [0.2, 0.25) is 0 Å². The van der Waals surface area contributed by atoms with E-state index in [-0.39, 0.29) is 0 Å². The summed E-state index contributed by atoms with van der Waals surface area (Å²) in [6, 6.07) is 6.16. The number of hydrogen-bond acceptors (Lipinski definition) is 3. The van der Waals surface area contributed by atoms with Crippen LogP contribution in [-0.4, -0.2) is 59.0 Å². The van der Waals surface area contributed by atoms with Gasteiger partial charge in [-0.2, -0.15) is 0 Å². The van der Waals surface area contributed by atoms with E-state index in [1.54, 1.807) is 0 Å². The highest BCUT2D eigenvalue weighted by molar-refractivity contribution is 5.80. The van der Waals surface area contributed by atoms with Crippen molar-refractivity contribution in [3.8, 4) is 0 Å². The molecule has 2 fully saturated rings. The van der Waals surface area contributed by atoms with Crippen LogP contribution in [0, 0.1) is 6.92 Å². The van der Waals surface area contributed by atoms with Crippen LogP contribution < -0.4 is 10.6 Å².